The normalized spacial score (nSPS) is 19.3. The van der Waals surface area contributed by atoms with Crippen molar-refractivity contribution in [3.63, 3.8) is 0 Å². The Morgan fingerprint density at radius 3 is 2.96 bits per heavy atom. The lowest BCUT2D eigenvalue weighted by atomic mass is 9.90. The molecule has 26 heavy (non-hydrogen) atoms. The molecule has 140 valence electrons. The standard InChI is InChI=1S/C19H23F2N3OS/c1-2-17(25)23-18(19-22-7-9-26-19)14-4-3-8-24(12-14)11-13-5-6-15(20)16(21)10-13/h5-7,9-10,14,18H,2-4,8,11-12H2,1H3,(H,23,25)/t14-,18+/m0/s1. The molecule has 0 bridgehead atoms. The second-order valence-corrected chi connectivity index (χ2v) is 7.58. The van der Waals surface area contributed by atoms with Crippen LogP contribution in [0, 0.1) is 17.6 Å². The molecule has 1 amide bonds. The minimum absolute atomic E-state index is 0.0166. The maximum absolute atomic E-state index is 13.5. The van der Waals surface area contributed by atoms with Crippen LogP contribution in [0.3, 0.4) is 0 Å². The van der Waals surface area contributed by atoms with Gasteiger partial charge in [0.2, 0.25) is 5.91 Å². The molecule has 1 saturated heterocycles. The van der Waals surface area contributed by atoms with Gasteiger partial charge in [-0.1, -0.05) is 13.0 Å². The molecule has 0 saturated carbocycles. The maximum atomic E-state index is 13.5. The number of hydrogen-bond donors (Lipinski definition) is 1. The first-order valence-electron chi connectivity index (χ1n) is 8.92. The fraction of sp³-hybridized carbons (Fsp3) is 0.474. The minimum Gasteiger partial charge on any atom is -0.347 e. The number of nitrogens with zero attached hydrogens (tertiary/aromatic N) is 2. The summed E-state index contributed by atoms with van der Waals surface area (Å²) in [4.78, 5) is 18.6. The van der Waals surface area contributed by atoms with Crippen LogP contribution in [0.4, 0.5) is 8.78 Å². The second kappa shape index (κ2) is 8.68. The first kappa shape index (κ1) is 18.9. The summed E-state index contributed by atoms with van der Waals surface area (Å²) >= 11 is 1.55. The van der Waals surface area contributed by atoms with E-state index in [1.165, 1.54) is 12.1 Å². The highest BCUT2D eigenvalue weighted by atomic mass is 32.1. The number of aromatic nitrogens is 1. The number of rotatable bonds is 6. The van der Waals surface area contributed by atoms with E-state index in [2.05, 4.69) is 15.2 Å². The smallest absolute Gasteiger partial charge is 0.220 e. The van der Waals surface area contributed by atoms with Crippen LogP contribution in [0.25, 0.3) is 0 Å². The highest BCUT2D eigenvalue weighted by Crippen LogP contribution is 2.31. The largest absolute Gasteiger partial charge is 0.347 e. The predicted molar refractivity (Wildman–Crippen MR) is 97.6 cm³/mol. The molecule has 2 atom stereocenters. The van der Waals surface area contributed by atoms with Crippen molar-refractivity contribution in [1.82, 2.24) is 15.2 Å². The molecule has 1 N–H and O–H groups in total. The monoisotopic (exact) mass is 379 g/mol. The third-order valence-electron chi connectivity index (χ3n) is 4.76. The highest BCUT2D eigenvalue weighted by Gasteiger charge is 2.31. The molecule has 1 aromatic carbocycles. The van der Waals surface area contributed by atoms with Gasteiger partial charge < -0.3 is 5.32 Å². The van der Waals surface area contributed by atoms with Crippen molar-refractivity contribution in [3.05, 3.63) is 52.0 Å². The summed E-state index contributed by atoms with van der Waals surface area (Å²) in [6.07, 6.45) is 4.20. The third-order valence-corrected chi connectivity index (χ3v) is 5.62. The van der Waals surface area contributed by atoms with Gasteiger partial charge in [-0.2, -0.15) is 0 Å². The minimum atomic E-state index is -0.823. The van der Waals surface area contributed by atoms with Gasteiger partial charge in [0.05, 0.1) is 6.04 Å². The number of benzene rings is 1. The van der Waals surface area contributed by atoms with Crippen LogP contribution in [0.2, 0.25) is 0 Å². The lowest BCUT2D eigenvalue weighted by Crippen LogP contribution is -2.42. The number of halogens is 2. The molecule has 0 spiro atoms. The summed E-state index contributed by atoms with van der Waals surface area (Å²) in [7, 11) is 0. The number of carbonyl (C=O) groups excluding carboxylic acids is 1. The predicted octanol–water partition coefficient (Wildman–Crippen LogP) is 3.90. The van der Waals surface area contributed by atoms with E-state index in [4.69, 9.17) is 0 Å². The lowest BCUT2D eigenvalue weighted by Gasteiger charge is -2.36. The van der Waals surface area contributed by atoms with Crippen molar-refractivity contribution >= 4 is 17.2 Å². The van der Waals surface area contributed by atoms with Crippen LogP contribution in [0.5, 0.6) is 0 Å². The Kier molecular flexibility index (Phi) is 6.32. The Morgan fingerprint density at radius 1 is 1.42 bits per heavy atom. The molecular formula is C19H23F2N3OS. The number of likely N-dealkylation sites (tertiary alicyclic amines) is 1. The summed E-state index contributed by atoms with van der Waals surface area (Å²) in [5.41, 5.74) is 0.757. The van der Waals surface area contributed by atoms with E-state index in [0.717, 1.165) is 36.5 Å². The van der Waals surface area contributed by atoms with E-state index in [-0.39, 0.29) is 17.9 Å². The number of carbonyl (C=O) groups is 1. The van der Waals surface area contributed by atoms with E-state index in [1.807, 2.05) is 12.3 Å². The first-order chi connectivity index (χ1) is 12.6. The molecule has 3 rings (SSSR count). The summed E-state index contributed by atoms with van der Waals surface area (Å²) in [6.45, 7) is 4.10. The Hall–Kier alpha value is -1.86. The van der Waals surface area contributed by atoms with Gasteiger partial charge in [-0.05, 0) is 43.0 Å². The van der Waals surface area contributed by atoms with E-state index in [0.29, 0.717) is 13.0 Å². The average Bonchev–Trinajstić information content (AvgIpc) is 3.17. The van der Waals surface area contributed by atoms with Crippen molar-refractivity contribution in [1.29, 1.82) is 0 Å². The van der Waals surface area contributed by atoms with Gasteiger partial charge in [-0.3, -0.25) is 9.69 Å². The average molecular weight is 379 g/mol. The van der Waals surface area contributed by atoms with Crippen molar-refractivity contribution in [2.45, 2.75) is 38.8 Å². The van der Waals surface area contributed by atoms with E-state index < -0.39 is 11.6 Å². The van der Waals surface area contributed by atoms with Crippen LogP contribution in [-0.2, 0) is 11.3 Å². The number of piperidine rings is 1. The Labute approximate surface area is 156 Å². The lowest BCUT2D eigenvalue weighted by molar-refractivity contribution is -0.122. The molecule has 2 heterocycles. The molecule has 1 aliphatic rings. The van der Waals surface area contributed by atoms with Crippen molar-refractivity contribution in [2.75, 3.05) is 13.1 Å². The Morgan fingerprint density at radius 2 is 2.27 bits per heavy atom. The van der Waals surface area contributed by atoms with Crippen LogP contribution in [0.15, 0.2) is 29.8 Å². The second-order valence-electron chi connectivity index (χ2n) is 6.65. The molecule has 1 aliphatic heterocycles. The zero-order valence-corrected chi connectivity index (χ0v) is 15.6. The van der Waals surface area contributed by atoms with Crippen LogP contribution in [-0.4, -0.2) is 28.9 Å². The van der Waals surface area contributed by atoms with Crippen molar-refractivity contribution in [3.8, 4) is 0 Å². The molecule has 0 unspecified atom stereocenters. The molecule has 4 nitrogen and oxygen atoms in total. The van der Waals surface area contributed by atoms with Gasteiger partial charge in [0.25, 0.3) is 0 Å². The quantitative estimate of drug-likeness (QED) is 0.828. The summed E-state index contributed by atoms with van der Waals surface area (Å²) in [5.74, 6) is -1.37. The molecule has 0 aliphatic carbocycles. The molecule has 7 heteroatoms. The number of hydrogen-bond acceptors (Lipinski definition) is 4. The maximum Gasteiger partial charge on any atom is 0.220 e. The SMILES string of the molecule is CCC(=O)N[C@@H](c1nccs1)[C@H]1CCCN(Cc2ccc(F)c(F)c2)C1. The molecule has 2 aromatic rings. The first-order valence-corrected chi connectivity index (χ1v) is 9.79. The molecule has 0 radical (unpaired) electrons. The van der Waals surface area contributed by atoms with Gasteiger partial charge in [-0.15, -0.1) is 11.3 Å². The molecular weight excluding hydrogens is 356 g/mol. The van der Waals surface area contributed by atoms with Crippen molar-refractivity contribution in [2.24, 2.45) is 5.92 Å². The summed E-state index contributed by atoms with van der Waals surface area (Å²) in [6, 6.07) is 3.96. The highest BCUT2D eigenvalue weighted by molar-refractivity contribution is 7.09. The third kappa shape index (κ3) is 4.65. The van der Waals surface area contributed by atoms with E-state index in [9.17, 15) is 13.6 Å². The van der Waals surface area contributed by atoms with Crippen LogP contribution in [0.1, 0.15) is 42.8 Å². The summed E-state index contributed by atoms with van der Waals surface area (Å²) in [5, 5.41) is 5.95. The number of nitrogens with one attached hydrogen (secondary N) is 1. The zero-order valence-electron chi connectivity index (χ0n) is 14.8. The van der Waals surface area contributed by atoms with E-state index in [1.54, 1.807) is 23.6 Å². The van der Waals surface area contributed by atoms with Gasteiger partial charge in [0, 0.05) is 31.1 Å². The topological polar surface area (TPSA) is 45.2 Å². The molecule has 1 aromatic heterocycles. The summed E-state index contributed by atoms with van der Waals surface area (Å²) < 4.78 is 26.6. The van der Waals surface area contributed by atoms with Gasteiger partial charge in [0.1, 0.15) is 5.01 Å². The van der Waals surface area contributed by atoms with Crippen LogP contribution < -0.4 is 5.32 Å². The number of thiazole rings is 1. The zero-order chi connectivity index (χ0) is 18.5. The van der Waals surface area contributed by atoms with Gasteiger partial charge in [0.15, 0.2) is 11.6 Å². The molecule has 1 fully saturated rings. The van der Waals surface area contributed by atoms with Crippen LogP contribution >= 0.6 is 11.3 Å². The van der Waals surface area contributed by atoms with Gasteiger partial charge >= 0.3 is 0 Å². The van der Waals surface area contributed by atoms with Crippen molar-refractivity contribution < 1.29 is 13.6 Å². The fourth-order valence-electron chi connectivity index (χ4n) is 3.45. The Bertz CT molecular complexity index is 738. The number of amides is 1. The van der Waals surface area contributed by atoms with E-state index >= 15 is 0 Å². The fourth-order valence-corrected chi connectivity index (χ4v) is 4.23. The van der Waals surface area contributed by atoms with Gasteiger partial charge in [-0.25, -0.2) is 13.8 Å². The Balaban J connectivity index is 1.70.